The van der Waals surface area contributed by atoms with Crippen molar-refractivity contribution < 1.29 is 13.2 Å². The number of fused-ring (bicyclic) bond motifs is 1. The molecule has 0 aliphatic carbocycles. The molecule has 0 aromatic carbocycles. The summed E-state index contributed by atoms with van der Waals surface area (Å²) in [6.07, 6.45) is -4.60. The summed E-state index contributed by atoms with van der Waals surface area (Å²) in [6, 6.07) is 7.12. The number of nitrogens with one attached hydrogen (secondary N) is 1. The molecule has 1 atom stereocenters. The largest absolute Gasteiger partial charge is 0.453 e. The summed E-state index contributed by atoms with van der Waals surface area (Å²) >= 11 is 1.63. The Hall–Kier alpha value is -2.20. The highest BCUT2D eigenvalue weighted by Crippen LogP contribution is 2.28. The van der Waals surface area contributed by atoms with Crippen molar-refractivity contribution in [3.8, 4) is 0 Å². The van der Waals surface area contributed by atoms with Gasteiger partial charge in [0, 0.05) is 11.4 Å². The average molecular weight is 356 g/mol. The third kappa shape index (κ3) is 3.34. The molecule has 3 aromatic rings. The van der Waals surface area contributed by atoms with E-state index in [1.54, 1.807) is 17.4 Å². The zero-order valence-electron chi connectivity index (χ0n) is 12.9. The molecule has 0 aliphatic heterocycles. The highest BCUT2D eigenvalue weighted by molar-refractivity contribution is 7.10. The van der Waals surface area contributed by atoms with E-state index in [9.17, 15) is 13.2 Å². The first-order chi connectivity index (χ1) is 11.4. The molecule has 0 saturated carbocycles. The van der Waals surface area contributed by atoms with Crippen molar-refractivity contribution in [2.45, 2.75) is 12.2 Å². The SMILES string of the molecule is CN(C)C(CNc1ccc2nnc(C(F)(F)F)n2n1)c1cccs1. The van der Waals surface area contributed by atoms with Gasteiger partial charge in [0.1, 0.15) is 5.82 Å². The minimum atomic E-state index is -4.60. The fourth-order valence-corrected chi connectivity index (χ4v) is 3.20. The van der Waals surface area contributed by atoms with E-state index >= 15 is 0 Å². The summed E-state index contributed by atoms with van der Waals surface area (Å²) in [7, 11) is 3.90. The van der Waals surface area contributed by atoms with E-state index in [0.717, 1.165) is 4.88 Å². The van der Waals surface area contributed by atoms with Gasteiger partial charge in [-0.15, -0.1) is 26.6 Å². The molecule has 10 heteroatoms. The summed E-state index contributed by atoms with van der Waals surface area (Å²) in [4.78, 5) is 3.20. The number of aromatic nitrogens is 4. The number of hydrogen-bond acceptors (Lipinski definition) is 6. The standard InChI is InChI=1S/C14H15F3N6S/c1-22(2)9(10-4-3-7-24-10)8-18-11-5-6-12-19-20-13(14(15,16)17)23(12)21-11/h3-7,9H,8H2,1-2H3,(H,18,21). The van der Waals surface area contributed by atoms with Gasteiger partial charge in [0.2, 0.25) is 0 Å². The second kappa shape index (κ2) is 6.36. The molecule has 1 N–H and O–H groups in total. The maximum absolute atomic E-state index is 12.9. The number of rotatable bonds is 5. The minimum absolute atomic E-state index is 0.0512. The first-order valence-electron chi connectivity index (χ1n) is 7.09. The van der Waals surface area contributed by atoms with E-state index in [1.807, 2.05) is 36.5 Å². The third-order valence-corrected chi connectivity index (χ3v) is 4.46. The Balaban J connectivity index is 1.82. The first kappa shape index (κ1) is 16.7. The molecule has 0 fully saturated rings. The van der Waals surface area contributed by atoms with Gasteiger partial charge in [0.05, 0.1) is 6.04 Å². The fraction of sp³-hybridized carbons (Fsp3) is 0.357. The van der Waals surface area contributed by atoms with Crippen molar-refractivity contribution in [1.29, 1.82) is 0 Å². The van der Waals surface area contributed by atoms with Crippen molar-refractivity contribution in [3.63, 3.8) is 0 Å². The van der Waals surface area contributed by atoms with Gasteiger partial charge in [0.15, 0.2) is 5.65 Å². The van der Waals surface area contributed by atoms with Gasteiger partial charge in [-0.25, -0.2) is 0 Å². The van der Waals surface area contributed by atoms with Crippen molar-refractivity contribution in [2.75, 3.05) is 26.0 Å². The minimum Gasteiger partial charge on any atom is -0.367 e. The smallest absolute Gasteiger partial charge is 0.367 e. The van der Waals surface area contributed by atoms with Gasteiger partial charge in [-0.3, -0.25) is 0 Å². The molecular weight excluding hydrogens is 341 g/mol. The summed E-state index contributed by atoms with van der Waals surface area (Å²) in [6.45, 7) is 0.509. The molecule has 3 heterocycles. The van der Waals surface area contributed by atoms with Crippen LogP contribution in [-0.2, 0) is 6.18 Å². The van der Waals surface area contributed by atoms with Crippen LogP contribution in [0.4, 0.5) is 19.0 Å². The molecule has 3 rings (SSSR count). The molecule has 0 spiro atoms. The highest BCUT2D eigenvalue weighted by Gasteiger charge is 2.37. The number of anilines is 1. The summed E-state index contributed by atoms with van der Waals surface area (Å²) in [5.74, 6) is -0.806. The van der Waals surface area contributed by atoms with Crippen LogP contribution in [0.5, 0.6) is 0 Å². The highest BCUT2D eigenvalue weighted by atomic mass is 32.1. The molecule has 0 amide bonds. The second-order valence-corrected chi connectivity index (χ2v) is 6.36. The van der Waals surface area contributed by atoms with E-state index in [-0.39, 0.29) is 11.7 Å². The van der Waals surface area contributed by atoms with Crippen molar-refractivity contribution in [1.82, 2.24) is 24.7 Å². The molecule has 0 radical (unpaired) electrons. The lowest BCUT2D eigenvalue weighted by molar-refractivity contribution is -0.146. The molecule has 6 nitrogen and oxygen atoms in total. The molecule has 24 heavy (non-hydrogen) atoms. The van der Waals surface area contributed by atoms with Crippen LogP contribution >= 0.6 is 11.3 Å². The second-order valence-electron chi connectivity index (χ2n) is 5.39. The van der Waals surface area contributed by atoms with Crippen LogP contribution in [0.3, 0.4) is 0 Å². The number of hydrogen-bond donors (Lipinski definition) is 1. The Labute approximate surface area is 139 Å². The number of thiophene rings is 1. The van der Waals surface area contributed by atoms with E-state index in [1.165, 1.54) is 6.07 Å². The molecule has 3 aromatic heterocycles. The molecule has 0 saturated heterocycles. The van der Waals surface area contributed by atoms with Crippen LogP contribution in [0.15, 0.2) is 29.6 Å². The lowest BCUT2D eigenvalue weighted by Gasteiger charge is -2.23. The fourth-order valence-electron chi connectivity index (χ4n) is 2.28. The van der Waals surface area contributed by atoms with Crippen LogP contribution in [0, 0.1) is 0 Å². The van der Waals surface area contributed by atoms with Crippen molar-refractivity contribution in [3.05, 3.63) is 40.3 Å². The lowest BCUT2D eigenvalue weighted by atomic mass is 10.2. The Kier molecular flexibility index (Phi) is 4.41. The quantitative estimate of drug-likeness (QED) is 0.762. The summed E-state index contributed by atoms with van der Waals surface area (Å²) in [5, 5.41) is 15.7. The Morgan fingerprint density at radius 2 is 2.04 bits per heavy atom. The monoisotopic (exact) mass is 356 g/mol. The third-order valence-electron chi connectivity index (χ3n) is 3.49. The Bertz CT molecular complexity index is 812. The van der Waals surface area contributed by atoms with Crippen molar-refractivity contribution in [2.24, 2.45) is 0 Å². The van der Waals surface area contributed by atoms with Crippen LogP contribution in [0.2, 0.25) is 0 Å². The van der Waals surface area contributed by atoms with E-state index < -0.39 is 12.0 Å². The predicted octanol–water partition coefficient (Wildman–Crippen LogP) is 2.92. The number of nitrogens with zero attached hydrogens (tertiary/aromatic N) is 5. The van der Waals surface area contributed by atoms with Crippen molar-refractivity contribution >= 4 is 22.8 Å². The zero-order valence-corrected chi connectivity index (χ0v) is 13.8. The topological polar surface area (TPSA) is 58.3 Å². The maximum atomic E-state index is 12.9. The zero-order chi connectivity index (χ0) is 17.3. The molecule has 0 aliphatic rings. The van der Waals surface area contributed by atoms with Crippen LogP contribution in [-0.4, -0.2) is 45.4 Å². The number of halogens is 3. The molecule has 0 bridgehead atoms. The summed E-state index contributed by atoms with van der Waals surface area (Å²) in [5.41, 5.74) is 0.0512. The first-order valence-corrected chi connectivity index (χ1v) is 7.97. The summed E-state index contributed by atoms with van der Waals surface area (Å²) < 4.78 is 39.4. The lowest BCUT2D eigenvalue weighted by Crippen LogP contribution is -2.26. The van der Waals surface area contributed by atoms with E-state index in [2.05, 4.69) is 20.6 Å². The number of likely N-dealkylation sites (N-methyl/N-ethyl adjacent to an activating group) is 1. The van der Waals surface area contributed by atoms with Gasteiger partial charge < -0.3 is 10.2 Å². The maximum Gasteiger partial charge on any atom is 0.453 e. The predicted molar refractivity (Wildman–Crippen MR) is 85.0 cm³/mol. The molecular formula is C14H15F3N6S. The number of alkyl halides is 3. The molecule has 128 valence electrons. The van der Waals surface area contributed by atoms with Gasteiger partial charge in [-0.05, 0) is 37.7 Å². The van der Waals surface area contributed by atoms with Crippen LogP contribution in [0.1, 0.15) is 16.7 Å². The average Bonchev–Trinajstić information content (AvgIpc) is 3.15. The van der Waals surface area contributed by atoms with Crippen LogP contribution in [0.25, 0.3) is 5.65 Å². The van der Waals surface area contributed by atoms with Gasteiger partial charge in [0.25, 0.3) is 5.82 Å². The Morgan fingerprint density at radius 1 is 1.25 bits per heavy atom. The van der Waals surface area contributed by atoms with Crippen LogP contribution < -0.4 is 5.32 Å². The Morgan fingerprint density at radius 3 is 2.67 bits per heavy atom. The molecule has 1 unspecified atom stereocenters. The van der Waals surface area contributed by atoms with Gasteiger partial charge in [-0.1, -0.05) is 6.07 Å². The van der Waals surface area contributed by atoms with E-state index in [4.69, 9.17) is 0 Å². The van der Waals surface area contributed by atoms with E-state index in [0.29, 0.717) is 16.9 Å². The normalized spacial score (nSPS) is 13.6. The van der Waals surface area contributed by atoms with Gasteiger partial charge in [-0.2, -0.15) is 17.7 Å². The van der Waals surface area contributed by atoms with Gasteiger partial charge >= 0.3 is 6.18 Å².